The van der Waals surface area contributed by atoms with E-state index >= 15 is 0 Å². The van der Waals surface area contributed by atoms with E-state index in [4.69, 9.17) is 4.74 Å². The second kappa shape index (κ2) is 6.58. The van der Waals surface area contributed by atoms with Gasteiger partial charge in [-0.05, 0) is 32.3 Å². The van der Waals surface area contributed by atoms with Gasteiger partial charge in [-0.1, -0.05) is 18.2 Å². The summed E-state index contributed by atoms with van der Waals surface area (Å²) in [6.07, 6.45) is 3.56. The molecule has 0 saturated heterocycles. The number of para-hydroxylation sites is 1. The maximum atomic E-state index is 6.09. The summed E-state index contributed by atoms with van der Waals surface area (Å²) in [4.78, 5) is 5.61. The minimum atomic E-state index is 0.713. The van der Waals surface area contributed by atoms with Gasteiger partial charge in [0.25, 0.3) is 0 Å². The molecule has 1 N–H and O–H groups in total. The van der Waals surface area contributed by atoms with Crippen molar-refractivity contribution in [1.29, 1.82) is 0 Å². The van der Waals surface area contributed by atoms with E-state index in [1.807, 2.05) is 5.51 Å². The first kappa shape index (κ1) is 14.5. The van der Waals surface area contributed by atoms with Crippen LogP contribution in [-0.2, 0) is 13.0 Å². The van der Waals surface area contributed by atoms with Crippen molar-refractivity contribution in [2.75, 3.05) is 6.61 Å². The molecule has 112 valence electrons. The normalized spacial score (nSPS) is 14.4. The lowest BCUT2D eigenvalue weighted by Crippen LogP contribution is -2.16. The predicted octanol–water partition coefficient (Wildman–Crippen LogP) is 3.63. The van der Waals surface area contributed by atoms with Crippen LogP contribution in [0, 0.1) is 13.8 Å². The summed E-state index contributed by atoms with van der Waals surface area (Å²) in [5.41, 5.74) is 5.52. The van der Waals surface area contributed by atoms with E-state index in [0.29, 0.717) is 6.61 Å². The summed E-state index contributed by atoms with van der Waals surface area (Å²) >= 11 is 1.71. The zero-order valence-electron chi connectivity index (χ0n) is 12.7. The van der Waals surface area contributed by atoms with Crippen LogP contribution in [0.2, 0.25) is 0 Å². The van der Waals surface area contributed by atoms with Crippen LogP contribution in [0.1, 0.15) is 34.5 Å². The minimum Gasteiger partial charge on any atom is -0.493 e. The van der Waals surface area contributed by atoms with Gasteiger partial charge in [0, 0.05) is 29.4 Å². The molecule has 0 spiro atoms. The Labute approximate surface area is 130 Å². The molecular weight excluding hydrogens is 280 g/mol. The molecule has 3 nitrogen and oxygen atoms in total. The van der Waals surface area contributed by atoms with Gasteiger partial charge in [-0.25, -0.2) is 4.98 Å². The lowest BCUT2D eigenvalue weighted by molar-refractivity contribution is 0.316. The quantitative estimate of drug-likeness (QED) is 0.848. The molecule has 21 heavy (non-hydrogen) atoms. The van der Waals surface area contributed by atoms with Gasteiger partial charge in [-0.15, -0.1) is 11.3 Å². The summed E-state index contributed by atoms with van der Waals surface area (Å²) in [7, 11) is 0. The van der Waals surface area contributed by atoms with Crippen molar-refractivity contribution >= 4 is 11.3 Å². The topological polar surface area (TPSA) is 34.1 Å². The van der Waals surface area contributed by atoms with E-state index in [1.54, 1.807) is 11.3 Å². The van der Waals surface area contributed by atoms with Gasteiger partial charge in [0.1, 0.15) is 5.75 Å². The molecule has 0 amide bonds. The minimum absolute atomic E-state index is 0.713. The van der Waals surface area contributed by atoms with E-state index in [-0.39, 0.29) is 0 Å². The highest BCUT2D eigenvalue weighted by molar-refractivity contribution is 7.09. The smallest absolute Gasteiger partial charge is 0.126 e. The fourth-order valence-electron chi connectivity index (χ4n) is 2.41. The average Bonchev–Trinajstić information content (AvgIpc) is 3.22. The Morgan fingerprint density at radius 3 is 2.90 bits per heavy atom. The number of hydrogen-bond donors (Lipinski definition) is 1. The molecule has 1 heterocycles. The van der Waals surface area contributed by atoms with Crippen molar-refractivity contribution in [3.8, 4) is 5.75 Å². The standard InChI is InChI=1S/C17H22N2OS/c1-12-4-3-5-14(10-18-15-6-7-15)17(12)20-9-8-16-13(2)19-11-21-16/h3-5,11,15,18H,6-10H2,1-2H3. The van der Waals surface area contributed by atoms with E-state index in [2.05, 4.69) is 42.3 Å². The molecule has 2 aromatic rings. The number of aromatic nitrogens is 1. The Balaban J connectivity index is 1.61. The molecule has 0 bridgehead atoms. The van der Waals surface area contributed by atoms with Gasteiger partial charge in [0.2, 0.25) is 0 Å². The summed E-state index contributed by atoms with van der Waals surface area (Å²) in [6.45, 7) is 5.80. The molecule has 3 rings (SSSR count). The van der Waals surface area contributed by atoms with E-state index in [0.717, 1.165) is 30.5 Å². The zero-order chi connectivity index (χ0) is 14.7. The van der Waals surface area contributed by atoms with Crippen molar-refractivity contribution in [2.45, 2.75) is 45.7 Å². The number of aryl methyl sites for hydroxylation is 2. The fraction of sp³-hybridized carbons (Fsp3) is 0.471. The predicted molar refractivity (Wildman–Crippen MR) is 87.1 cm³/mol. The number of hydrogen-bond acceptors (Lipinski definition) is 4. The monoisotopic (exact) mass is 302 g/mol. The van der Waals surface area contributed by atoms with Crippen LogP contribution in [-0.4, -0.2) is 17.6 Å². The molecule has 0 aliphatic heterocycles. The lowest BCUT2D eigenvalue weighted by Gasteiger charge is -2.14. The molecule has 0 unspecified atom stereocenters. The van der Waals surface area contributed by atoms with E-state index in [1.165, 1.54) is 28.8 Å². The van der Waals surface area contributed by atoms with Crippen LogP contribution in [0.4, 0.5) is 0 Å². The Morgan fingerprint density at radius 1 is 1.33 bits per heavy atom. The van der Waals surface area contributed by atoms with Gasteiger partial charge in [0.15, 0.2) is 0 Å². The van der Waals surface area contributed by atoms with Gasteiger partial charge in [0.05, 0.1) is 17.8 Å². The number of rotatable bonds is 7. The molecular formula is C17H22N2OS. The van der Waals surface area contributed by atoms with Gasteiger partial charge < -0.3 is 10.1 Å². The number of thiazole rings is 1. The van der Waals surface area contributed by atoms with Crippen molar-refractivity contribution in [1.82, 2.24) is 10.3 Å². The SMILES string of the molecule is Cc1cccc(CNC2CC2)c1OCCc1scnc1C. The highest BCUT2D eigenvalue weighted by atomic mass is 32.1. The average molecular weight is 302 g/mol. The van der Waals surface area contributed by atoms with Crippen LogP contribution < -0.4 is 10.1 Å². The highest BCUT2D eigenvalue weighted by Crippen LogP contribution is 2.26. The maximum Gasteiger partial charge on any atom is 0.126 e. The van der Waals surface area contributed by atoms with Crippen molar-refractivity contribution in [2.24, 2.45) is 0 Å². The number of nitrogens with one attached hydrogen (secondary N) is 1. The number of nitrogens with zero attached hydrogens (tertiary/aromatic N) is 1. The third-order valence-corrected chi connectivity index (χ3v) is 4.87. The largest absolute Gasteiger partial charge is 0.493 e. The van der Waals surface area contributed by atoms with Crippen molar-refractivity contribution in [3.63, 3.8) is 0 Å². The van der Waals surface area contributed by atoms with Crippen molar-refractivity contribution in [3.05, 3.63) is 45.4 Å². The molecule has 0 atom stereocenters. The molecule has 4 heteroatoms. The fourth-order valence-corrected chi connectivity index (χ4v) is 3.18. The first-order chi connectivity index (χ1) is 10.2. The number of ether oxygens (including phenoxy) is 1. The van der Waals surface area contributed by atoms with Gasteiger partial charge in [-0.2, -0.15) is 0 Å². The highest BCUT2D eigenvalue weighted by Gasteiger charge is 2.20. The third kappa shape index (κ3) is 3.83. The molecule has 1 aromatic heterocycles. The Hall–Kier alpha value is -1.39. The van der Waals surface area contributed by atoms with Crippen molar-refractivity contribution < 1.29 is 4.74 Å². The maximum absolute atomic E-state index is 6.09. The third-order valence-electron chi connectivity index (χ3n) is 3.87. The van der Waals surface area contributed by atoms with E-state index in [9.17, 15) is 0 Å². The second-order valence-corrected chi connectivity index (χ2v) is 6.62. The summed E-state index contributed by atoms with van der Waals surface area (Å²) in [6, 6.07) is 7.11. The van der Waals surface area contributed by atoms with Gasteiger partial charge in [-0.3, -0.25) is 0 Å². The zero-order valence-corrected chi connectivity index (χ0v) is 13.5. The molecule has 1 aliphatic rings. The number of benzene rings is 1. The molecule has 0 radical (unpaired) electrons. The van der Waals surface area contributed by atoms with Crippen LogP contribution in [0.5, 0.6) is 5.75 Å². The summed E-state index contributed by atoms with van der Waals surface area (Å²) in [5, 5.41) is 3.57. The Kier molecular flexibility index (Phi) is 4.56. The second-order valence-electron chi connectivity index (χ2n) is 5.68. The molecule has 1 saturated carbocycles. The Morgan fingerprint density at radius 2 is 2.19 bits per heavy atom. The first-order valence-electron chi connectivity index (χ1n) is 7.57. The summed E-state index contributed by atoms with van der Waals surface area (Å²) in [5.74, 6) is 1.05. The van der Waals surface area contributed by atoms with Gasteiger partial charge >= 0.3 is 0 Å². The van der Waals surface area contributed by atoms with Crippen LogP contribution >= 0.6 is 11.3 Å². The Bertz CT molecular complexity index is 605. The lowest BCUT2D eigenvalue weighted by atomic mass is 10.1. The van der Waals surface area contributed by atoms with Crippen LogP contribution in [0.3, 0.4) is 0 Å². The van der Waals surface area contributed by atoms with Crippen LogP contribution in [0.25, 0.3) is 0 Å². The molecule has 1 aliphatic carbocycles. The summed E-state index contributed by atoms with van der Waals surface area (Å²) < 4.78 is 6.09. The molecule has 1 aromatic carbocycles. The molecule has 1 fully saturated rings. The van der Waals surface area contributed by atoms with E-state index < -0.39 is 0 Å². The first-order valence-corrected chi connectivity index (χ1v) is 8.45. The van der Waals surface area contributed by atoms with Crippen LogP contribution in [0.15, 0.2) is 23.7 Å².